The number of para-hydroxylation sites is 1. The molecule has 0 aromatic heterocycles. The Bertz CT molecular complexity index is 768. The Morgan fingerprint density at radius 1 is 1.10 bits per heavy atom. The van der Waals surface area contributed by atoms with Gasteiger partial charge in [0.2, 0.25) is 10.0 Å². The first-order valence-electron chi connectivity index (χ1n) is 7.13. The predicted molar refractivity (Wildman–Crippen MR) is 86.0 cm³/mol. The van der Waals surface area contributed by atoms with E-state index in [1.165, 1.54) is 0 Å². The first kappa shape index (κ1) is 14.1. The van der Waals surface area contributed by atoms with E-state index in [1.807, 2.05) is 55.5 Å². The van der Waals surface area contributed by atoms with Crippen LogP contribution in [0, 0.1) is 6.92 Å². The lowest BCUT2D eigenvalue weighted by Gasteiger charge is -2.20. The highest BCUT2D eigenvalue weighted by molar-refractivity contribution is 7.92. The molecule has 2 aromatic carbocycles. The van der Waals surface area contributed by atoms with Crippen LogP contribution in [0.3, 0.4) is 0 Å². The summed E-state index contributed by atoms with van der Waals surface area (Å²) in [6.07, 6.45) is 0. The number of aryl methyl sites for hydroxylation is 1. The largest absolute Gasteiger partial charge is 0.269 e. The van der Waals surface area contributed by atoms with Gasteiger partial charge in [0.1, 0.15) is 0 Å². The smallest absolute Gasteiger partial charge is 0.239 e. The minimum absolute atomic E-state index is 0.0563. The van der Waals surface area contributed by atoms with E-state index in [2.05, 4.69) is 6.92 Å². The van der Waals surface area contributed by atoms with Crippen molar-refractivity contribution < 1.29 is 8.42 Å². The van der Waals surface area contributed by atoms with Crippen molar-refractivity contribution in [3.63, 3.8) is 0 Å². The van der Waals surface area contributed by atoms with Crippen molar-refractivity contribution in [2.75, 3.05) is 10.8 Å². The first-order valence-corrected chi connectivity index (χ1v) is 8.74. The van der Waals surface area contributed by atoms with Crippen LogP contribution in [0.2, 0.25) is 0 Å². The van der Waals surface area contributed by atoms with Gasteiger partial charge in [-0.15, -0.1) is 0 Å². The number of fused-ring (bicyclic) bond motifs is 1. The fraction of sp³-hybridized carbons (Fsp3) is 0.294. The molecule has 0 fully saturated rings. The highest BCUT2D eigenvalue weighted by Gasteiger charge is 2.33. The monoisotopic (exact) mass is 301 g/mol. The molecular weight excluding hydrogens is 282 g/mol. The third-order valence-corrected chi connectivity index (χ3v) is 5.80. The average molecular weight is 301 g/mol. The molecular formula is C17H19NO2S. The third-order valence-electron chi connectivity index (χ3n) is 4.11. The molecule has 0 bridgehead atoms. The van der Waals surface area contributed by atoms with Crippen LogP contribution >= 0.6 is 0 Å². The molecule has 0 radical (unpaired) electrons. The molecule has 3 nitrogen and oxygen atoms in total. The van der Waals surface area contributed by atoms with Gasteiger partial charge in [-0.2, -0.15) is 0 Å². The molecule has 0 saturated heterocycles. The number of nitrogens with zero attached hydrogens (tertiary/aromatic N) is 1. The summed E-state index contributed by atoms with van der Waals surface area (Å²) in [4.78, 5) is 0. The van der Waals surface area contributed by atoms with E-state index in [0.29, 0.717) is 6.54 Å². The highest BCUT2D eigenvalue weighted by atomic mass is 32.2. The molecule has 2 aromatic rings. The Labute approximate surface area is 126 Å². The fourth-order valence-corrected chi connectivity index (χ4v) is 4.68. The molecule has 0 spiro atoms. The van der Waals surface area contributed by atoms with Crippen molar-refractivity contribution in [2.24, 2.45) is 0 Å². The molecule has 21 heavy (non-hydrogen) atoms. The van der Waals surface area contributed by atoms with E-state index >= 15 is 0 Å². The van der Waals surface area contributed by atoms with Gasteiger partial charge >= 0.3 is 0 Å². The lowest BCUT2D eigenvalue weighted by atomic mass is 10.0. The van der Waals surface area contributed by atoms with Crippen LogP contribution in [0.5, 0.6) is 0 Å². The quantitative estimate of drug-likeness (QED) is 0.871. The van der Waals surface area contributed by atoms with Gasteiger partial charge in [0.15, 0.2) is 0 Å². The molecule has 0 N–H and O–H groups in total. The predicted octanol–water partition coefficient (Wildman–Crippen LogP) is 3.45. The fourth-order valence-electron chi connectivity index (χ4n) is 2.89. The Hall–Kier alpha value is -1.81. The van der Waals surface area contributed by atoms with Crippen LogP contribution < -0.4 is 4.31 Å². The lowest BCUT2D eigenvalue weighted by molar-refractivity contribution is 0.589. The van der Waals surface area contributed by atoms with E-state index in [-0.39, 0.29) is 11.7 Å². The molecule has 1 aliphatic heterocycles. The van der Waals surface area contributed by atoms with E-state index in [9.17, 15) is 8.42 Å². The van der Waals surface area contributed by atoms with Crippen molar-refractivity contribution in [3.05, 3.63) is 65.2 Å². The zero-order valence-corrected chi connectivity index (χ0v) is 13.1. The minimum atomic E-state index is -3.35. The number of benzene rings is 2. The second-order valence-corrected chi connectivity index (χ2v) is 7.57. The molecule has 0 aliphatic carbocycles. The van der Waals surface area contributed by atoms with Gasteiger partial charge in [0.05, 0.1) is 11.4 Å². The maximum absolute atomic E-state index is 12.8. The van der Waals surface area contributed by atoms with Gasteiger partial charge in [-0.3, -0.25) is 4.31 Å². The standard InChI is InChI=1S/C17H19NO2S/c1-13-7-3-4-8-15(13)12-21(19,20)18-11-14(2)16-9-5-6-10-17(16)18/h3-10,14H,11-12H2,1-2H3. The van der Waals surface area contributed by atoms with Crippen molar-refractivity contribution in [1.29, 1.82) is 0 Å². The Morgan fingerprint density at radius 2 is 1.76 bits per heavy atom. The van der Waals surface area contributed by atoms with Gasteiger partial charge in [-0.1, -0.05) is 49.4 Å². The van der Waals surface area contributed by atoms with Crippen LogP contribution in [0.15, 0.2) is 48.5 Å². The van der Waals surface area contributed by atoms with Crippen LogP contribution in [0.4, 0.5) is 5.69 Å². The molecule has 110 valence electrons. The Morgan fingerprint density at radius 3 is 2.52 bits per heavy atom. The molecule has 1 atom stereocenters. The second-order valence-electron chi connectivity index (χ2n) is 5.67. The number of rotatable bonds is 3. The molecule has 0 amide bonds. The van der Waals surface area contributed by atoms with Gasteiger partial charge < -0.3 is 0 Å². The molecule has 0 saturated carbocycles. The van der Waals surface area contributed by atoms with Crippen molar-refractivity contribution >= 4 is 15.7 Å². The van der Waals surface area contributed by atoms with Crippen LogP contribution in [-0.4, -0.2) is 15.0 Å². The molecule has 3 rings (SSSR count). The maximum atomic E-state index is 12.8. The molecule has 4 heteroatoms. The molecule has 1 aliphatic rings. The summed E-state index contributed by atoms with van der Waals surface area (Å²) in [5, 5.41) is 0. The summed E-state index contributed by atoms with van der Waals surface area (Å²) in [6, 6.07) is 15.4. The summed E-state index contributed by atoms with van der Waals surface area (Å²) in [5.41, 5.74) is 3.83. The Kier molecular flexibility index (Phi) is 3.49. The van der Waals surface area contributed by atoms with E-state index in [0.717, 1.165) is 22.4 Å². The summed E-state index contributed by atoms with van der Waals surface area (Å²) in [6.45, 7) is 4.56. The van der Waals surface area contributed by atoms with Gasteiger partial charge in [0.25, 0.3) is 0 Å². The Balaban J connectivity index is 1.96. The minimum Gasteiger partial charge on any atom is -0.269 e. The summed E-state index contributed by atoms with van der Waals surface area (Å²) in [7, 11) is -3.35. The molecule has 1 heterocycles. The zero-order valence-electron chi connectivity index (χ0n) is 12.3. The van der Waals surface area contributed by atoms with Crippen LogP contribution in [-0.2, 0) is 15.8 Å². The van der Waals surface area contributed by atoms with Gasteiger partial charge in [-0.25, -0.2) is 8.42 Å². The summed E-state index contributed by atoms with van der Waals surface area (Å²) >= 11 is 0. The highest BCUT2D eigenvalue weighted by Crippen LogP contribution is 2.38. The normalized spacial score (nSPS) is 17.8. The lowest BCUT2D eigenvalue weighted by Crippen LogP contribution is -2.31. The third kappa shape index (κ3) is 2.56. The van der Waals surface area contributed by atoms with Gasteiger partial charge in [0, 0.05) is 12.5 Å². The number of sulfonamides is 1. The molecule has 1 unspecified atom stereocenters. The van der Waals surface area contributed by atoms with Gasteiger partial charge in [-0.05, 0) is 29.7 Å². The SMILES string of the molecule is Cc1ccccc1CS(=O)(=O)N1CC(C)c2ccccc21. The van der Waals surface area contributed by atoms with Crippen LogP contribution in [0.25, 0.3) is 0 Å². The summed E-state index contributed by atoms with van der Waals surface area (Å²) < 4.78 is 27.1. The van der Waals surface area contributed by atoms with E-state index in [1.54, 1.807) is 4.31 Å². The van der Waals surface area contributed by atoms with E-state index in [4.69, 9.17) is 0 Å². The van der Waals surface area contributed by atoms with Crippen molar-refractivity contribution in [2.45, 2.75) is 25.5 Å². The average Bonchev–Trinajstić information content (AvgIpc) is 2.80. The number of hydrogen-bond acceptors (Lipinski definition) is 2. The second kappa shape index (κ2) is 5.19. The zero-order chi connectivity index (χ0) is 15.0. The van der Waals surface area contributed by atoms with Crippen LogP contribution in [0.1, 0.15) is 29.5 Å². The maximum Gasteiger partial charge on any atom is 0.239 e. The summed E-state index contributed by atoms with van der Waals surface area (Å²) in [5.74, 6) is 0.300. The van der Waals surface area contributed by atoms with Crippen molar-refractivity contribution in [3.8, 4) is 0 Å². The van der Waals surface area contributed by atoms with Crippen molar-refractivity contribution in [1.82, 2.24) is 0 Å². The number of anilines is 1. The topological polar surface area (TPSA) is 37.4 Å². The number of hydrogen-bond donors (Lipinski definition) is 0. The first-order chi connectivity index (χ1) is 9.99. The van der Waals surface area contributed by atoms with E-state index < -0.39 is 10.0 Å².